The van der Waals surface area contributed by atoms with Crippen molar-refractivity contribution < 1.29 is 9.53 Å². The summed E-state index contributed by atoms with van der Waals surface area (Å²) in [6.07, 6.45) is 1.12. The van der Waals surface area contributed by atoms with Crippen molar-refractivity contribution in [3.05, 3.63) is 84.4 Å². The molecule has 4 nitrogen and oxygen atoms in total. The van der Waals surface area contributed by atoms with Gasteiger partial charge < -0.3 is 15.4 Å². The van der Waals surface area contributed by atoms with E-state index in [0.717, 1.165) is 29.2 Å². The minimum absolute atomic E-state index is 0.162. The smallest absolute Gasteiger partial charge is 0.257 e. The highest BCUT2D eigenvalue weighted by atomic mass is 16.5. The van der Waals surface area contributed by atoms with Gasteiger partial charge in [-0.3, -0.25) is 4.79 Å². The molecule has 1 atom stereocenters. The zero-order valence-corrected chi connectivity index (χ0v) is 15.6. The molecule has 3 rings (SSSR count). The molecule has 4 heteroatoms. The lowest BCUT2D eigenvalue weighted by Crippen LogP contribution is -2.14. The predicted molar refractivity (Wildman–Crippen MR) is 111 cm³/mol. The van der Waals surface area contributed by atoms with Crippen molar-refractivity contribution in [2.24, 2.45) is 0 Å². The van der Waals surface area contributed by atoms with Gasteiger partial charge in [0.2, 0.25) is 0 Å². The van der Waals surface area contributed by atoms with Crippen molar-refractivity contribution in [2.45, 2.75) is 26.4 Å². The summed E-state index contributed by atoms with van der Waals surface area (Å²) in [6.45, 7) is 4.12. The number of carbonyl (C=O) groups excluding carboxylic acids is 1. The van der Waals surface area contributed by atoms with Crippen LogP contribution in [0.3, 0.4) is 0 Å². The highest BCUT2D eigenvalue weighted by Gasteiger charge is 2.11. The van der Waals surface area contributed by atoms with E-state index in [4.69, 9.17) is 4.74 Å². The van der Waals surface area contributed by atoms with Crippen LogP contribution in [-0.4, -0.2) is 12.0 Å². The van der Waals surface area contributed by atoms with Crippen LogP contribution in [0.2, 0.25) is 0 Å². The predicted octanol–water partition coefficient (Wildman–Crippen LogP) is 5.86. The Hall–Kier alpha value is -3.27. The van der Waals surface area contributed by atoms with Crippen molar-refractivity contribution in [3.8, 4) is 5.75 Å². The minimum atomic E-state index is -0.162. The lowest BCUT2D eigenvalue weighted by molar-refractivity contribution is 0.102. The molecule has 0 aliphatic rings. The quantitative estimate of drug-likeness (QED) is 0.555. The number of ether oxygens (including phenoxy) is 1. The zero-order chi connectivity index (χ0) is 19.1. The molecule has 0 bridgehead atoms. The first-order valence-electron chi connectivity index (χ1n) is 9.15. The second-order valence-corrected chi connectivity index (χ2v) is 6.35. The number of amides is 1. The number of nitrogens with one attached hydrogen (secondary N) is 2. The molecule has 1 amide bonds. The third kappa shape index (κ3) is 5.11. The van der Waals surface area contributed by atoms with Gasteiger partial charge in [-0.25, -0.2) is 0 Å². The maximum Gasteiger partial charge on any atom is 0.257 e. The van der Waals surface area contributed by atoms with E-state index in [0.29, 0.717) is 5.56 Å². The van der Waals surface area contributed by atoms with Crippen LogP contribution in [0.4, 0.5) is 17.1 Å². The van der Waals surface area contributed by atoms with Crippen molar-refractivity contribution >= 4 is 23.0 Å². The minimum Gasteiger partial charge on any atom is -0.491 e. The molecule has 3 aromatic rings. The summed E-state index contributed by atoms with van der Waals surface area (Å²) in [5.41, 5.74) is 3.01. The van der Waals surface area contributed by atoms with Crippen molar-refractivity contribution in [1.82, 2.24) is 0 Å². The van der Waals surface area contributed by atoms with Crippen LogP contribution in [0.25, 0.3) is 0 Å². The van der Waals surface area contributed by atoms with Crippen LogP contribution in [0.1, 0.15) is 30.6 Å². The van der Waals surface area contributed by atoms with Crippen LogP contribution in [-0.2, 0) is 0 Å². The molecule has 0 saturated heterocycles. The van der Waals surface area contributed by atoms with E-state index >= 15 is 0 Å². The molecule has 2 N–H and O–H groups in total. The van der Waals surface area contributed by atoms with Gasteiger partial charge in [-0.1, -0.05) is 37.3 Å². The molecule has 0 fully saturated rings. The van der Waals surface area contributed by atoms with Gasteiger partial charge in [-0.15, -0.1) is 0 Å². The number of hydrogen-bond acceptors (Lipinski definition) is 3. The van der Waals surface area contributed by atoms with Gasteiger partial charge in [-0.05, 0) is 61.9 Å². The van der Waals surface area contributed by atoms with Gasteiger partial charge in [0.05, 0.1) is 17.4 Å². The van der Waals surface area contributed by atoms with E-state index in [9.17, 15) is 4.79 Å². The summed E-state index contributed by atoms with van der Waals surface area (Å²) in [6, 6.07) is 24.7. The van der Waals surface area contributed by atoms with Gasteiger partial charge >= 0.3 is 0 Å². The Labute approximate surface area is 160 Å². The van der Waals surface area contributed by atoms with E-state index in [2.05, 4.69) is 17.6 Å². The molecule has 0 aromatic heterocycles. The monoisotopic (exact) mass is 360 g/mol. The summed E-state index contributed by atoms with van der Waals surface area (Å²) in [4.78, 5) is 12.8. The largest absolute Gasteiger partial charge is 0.491 e. The topological polar surface area (TPSA) is 50.4 Å². The number of para-hydroxylation sites is 2. The van der Waals surface area contributed by atoms with E-state index in [-0.39, 0.29) is 12.0 Å². The molecule has 0 aliphatic heterocycles. The number of benzene rings is 3. The van der Waals surface area contributed by atoms with Crippen molar-refractivity contribution in [1.29, 1.82) is 0 Å². The van der Waals surface area contributed by atoms with Gasteiger partial charge in [-0.2, -0.15) is 0 Å². The average Bonchev–Trinajstić information content (AvgIpc) is 2.70. The summed E-state index contributed by atoms with van der Waals surface area (Å²) in [7, 11) is 0. The second kappa shape index (κ2) is 8.90. The molecule has 1 unspecified atom stereocenters. The summed E-state index contributed by atoms with van der Waals surface area (Å²) >= 11 is 0. The molecular formula is C23H24N2O2. The number of carbonyl (C=O) groups is 1. The Morgan fingerprint density at radius 3 is 2.26 bits per heavy atom. The molecule has 138 valence electrons. The van der Waals surface area contributed by atoms with Crippen LogP contribution < -0.4 is 15.4 Å². The maximum absolute atomic E-state index is 12.8. The van der Waals surface area contributed by atoms with E-state index in [1.54, 1.807) is 6.07 Å². The molecular weight excluding hydrogens is 336 g/mol. The molecule has 0 saturated carbocycles. The Bertz CT molecular complexity index is 876. The fourth-order valence-corrected chi connectivity index (χ4v) is 2.60. The second-order valence-electron chi connectivity index (χ2n) is 6.35. The fourth-order valence-electron chi connectivity index (χ4n) is 2.60. The van der Waals surface area contributed by atoms with Crippen LogP contribution in [0, 0.1) is 0 Å². The van der Waals surface area contributed by atoms with Gasteiger partial charge in [0.25, 0.3) is 5.91 Å². The Morgan fingerprint density at radius 1 is 0.889 bits per heavy atom. The third-order valence-electron chi connectivity index (χ3n) is 4.25. The van der Waals surface area contributed by atoms with Crippen LogP contribution in [0.15, 0.2) is 78.9 Å². The fraction of sp³-hybridized carbons (Fsp3) is 0.174. The first-order valence-corrected chi connectivity index (χ1v) is 9.15. The summed E-state index contributed by atoms with van der Waals surface area (Å²) in [5, 5.41) is 6.24. The average molecular weight is 360 g/mol. The highest BCUT2D eigenvalue weighted by Crippen LogP contribution is 2.23. The van der Waals surface area contributed by atoms with Gasteiger partial charge in [0, 0.05) is 11.4 Å². The standard InChI is InChI=1S/C23H24N2O2/c1-3-17(2)27-20-15-13-19(14-16-20)25-23(26)21-11-7-8-12-22(21)24-18-9-5-4-6-10-18/h4-17,24H,3H2,1-2H3,(H,25,26). The number of hydrogen-bond donors (Lipinski definition) is 2. The maximum atomic E-state index is 12.8. The number of anilines is 3. The zero-order valence-electron chi connectivity index (χ0n) is 15.6. The molecule has 0 spiro atoms. The molecule has 3 aromatic carbocycles. The lowest BCUT2D eigenvalue weighted by Gasteiger charge is -2.14. The van der Waals surface area contributed by atoms with Crippen LogP contribution >= 0.6 is 0 Å². The van der Waals surface area contributed by atoms with E-state index < -0.39 is 0 Å². The molecule has 0 radical (unpaired) electrons. The molecule has 27 heavy (non-hydrogen) atoms. The molecule has 0 aliphatic carbocycles. The van der Waals surface area contributed by atoms with Crippen molar-refractivity contribution in [2.75, 3.05) is 10.6 Å². The lowest BCUT2D eigenvalue weighted by atomic mass is 10.1. The first kappa shape index (κ1) is 18.5. The van der Waals surface area contributed by atoms with E-state index in [1.807, 2.05) is 79.7 Å². The third-order valence-corrected chi connectivity index (χ3v) is 4.25. The van der Waals surface area contributed by atoms with Gasteiger partial charge in [0.1, 0.15) is 5.75 Å². The van der Waals surface area contributed by atoms with Crippen LogP contribution in [0.5, 0.6) is 5.75 Å². The Morgan fingerprint density at radius 2 is 1.56 bits per heavy atom. The first-order chi connectivity index (χ1) is 13.2. The Balaban J connectivity index is 1.71. The molecule has 0 heterocycles. The SMILES string of the molecule is CCC(C)Oc1ccc(NC(=O)c2ccccc2Nc2ccccc2)cc1. The van der Waals surface area contributed by atoms with Crippen molar-refractivity contribution in [3.63, 3.8) is 0 Å². The normalized spacial score (nSPS) is 11.5. The Kier molecular flexibility index (Phi) is 6.10. The summed E-state index contributed by atoms with van der Waals surface area (Å²) < 4.78 is 5.77. The number of rotatable bonds is 7. The summed E-state index contributed by atoms with van der Waals surface area (Å²) in [5.74, 6) is 0.637. The van der Waals surface area contributed by atoms with Gasteiger partial charge in [0.15, 0.2) is 0 Å². The highest BCUT2D eigenvalue weighted by molar-refractivity contribution is 6.08. The van der Waals surface area contributed by atoms with E-state index in [1.165, 1.54) is 0 Å².